The minimum absolute atomic E-state index is 0. The van der Waals surface area contributed by atoms with Crippen LogP contribution in [0.15, 0.2) is 66.7 Å². The zero-order valence-electron chi connectivity index (χ0n) is 13.7. The quantitative estimate of drug-likeness (QED) is 0.538. The maximum atomic E-state index is 5.71. The summed E-state index contributed by atoms with van der Waals surface area (Å²) >= 11 is 1.79. The molecule has 0 saturated carbocycles. The molecule has 0 aromatic heterocycles. The first-order valence-electron chi connectivity index (χ1n) is 7.90. The molecular weight excluding hydrogens is 387 g/mol. The average molecular weight is 404 g/mol. The molecular formula is C21H17Cl2OTi. The smallest absolute Gasteiger partial charge is 1.00 e. The van der Waals surface area contributed by atoms with E-state index in [1.807, 2.05) is 0 Å². The molecule has 0 radical (unpaired) electrons. The normalized spacial score (nSPS) is 16.0. The van der Waals surface area contributed by atoms with Crippen molar-refractivity contribution < 1.29 is 49.0 Å². The van der Waals surface area contributed by atoms with Gasteiger partial charge in [-0.15, -0.1) is 0 Å². The van der Waals surface area contributed by atoms with Crippen molar-refractivity contribution in [2.24, 2.45) is 0 Å². The van der Waals surface area contributed by atoms with Crippen molar-refractivity contribution >= 4 is 16.8 Å². The van der Waals surface area contributed by atoms with Crippen LogP contribution in [0.1, 0.15) is 41.2 Å². The molecule has 1 nitrogen and oxygen atoms in total. The molecule has 1 aliphatic rings. The van der Waals surface area contributed by atoms with Crippen LogP contribution < -0.4 is 24.8 Å². The Morgan fingerprint density at radius 3 is 2.40 bits per heavy atom. The van der Waals surface area contributed by atoms with Crippen molar-refractivity contribution in [3.8, 4) is 0 Å². The van der Waals surface area contributed by atoms with Crippen LogP contribution in [-0.4, -0.2) is 0 Å². The van der Waals surface area contributed by atoms with Gasteiger partial charge in [-0.1, -0.05) is 0 Å². The van der Waals surface area contributed by atoms with Gasteiger partial charge in [0.05, 0.1) is 0 Å². The summed E-state index contributed by atoms with van der Waals surface area (Å²) in [6, 6.07) is 21.7. The molecule has 0 saturated heterocycles. The summed E-state index contributed by atoms with van der Waals surface area (Å²) in [6.45, 7) is 2.13. The van der Waals surface area contributed by atoms with Gasteiger partial charge in [0, 0.05) is 0 Å². The van der Waals surface area contributed by atoms with Crippen LogP contribution in [-0.2, 0) is 24.1 Å². The van der Waals surface area contributed by atoms with Crippen LogP contribution in [0.3, 0.4) is 0 Å². The molecule has 0 aliphatic heterocycles. The van der Waals surface area contributed by atoms with Gasteiger partial charge in [0.15, 0.2) is 0 Å². The number of benzene rings is 3. The van der Waals surface area contributed by atoms with Crippen molar-refractivity contribution in [2.45, 2.75) is 18.9 Å². The summed E-state index contributed by atoms with van der Waals surface area (Å²) in [5.41, 5.74) is 5.35. The summed E-state index contributed by atoms with van der Waals surface area (Å²) < 4.78 is 5.71. The van der Waals surface area contributed by atoms with E-state index in [4.69, 9.17) is 3.32 Å². The van der Waals surface area contributed by atoms with E-state index < -0.39 is 0 Å². The maximum Gasteiger partial charge on any atom is -1.00 e. The average Bonchev–Trinajstić information content (AvgIpc) is 3.04. The summed E-state index contributed by atoms with van der Waals surface area (Å²) in [5, 5.41) is 2.56. The molecule has 2 unspecified atom stereocenters. The van der Waals surface area contributed by atoms with E-state index in [2.05, 4.69) is 79.7 Å². The molecule has 0 bridgehead atoms. The third-order valence-electron chi connectivity index (χ3n) is 4.72. The molecule has 0 fully saturated rings. The number of rotatable bonds is 3. The Balaban J connectivity index is 0.00000113. The van der Waals surface area contributed by atoms with Gasteiger partial charge in [0.25, 0.3) is 0 Å². The van der Waals surface area contributed by atoms with Crippen LogP contribution in [0.4, 0.5) is 0 Å². The van der Waals surface area contributed by atoms with Gasteiger partial charge in [-0.2, -0.15) is 0 Å². The fraction of sp³-hybridized carbons (Fsp3) is 0.143. The first-order valence-corrected chi connectivity index (χ1v) is 8.54. The predicted octanol–water partition coefficient (Wildman–Crippen LogP) is -0.454. The molecule has 3 aromatic carbocycles. The van der Waals surface area contributed by atoms with E-state index in [9.17, 15) is 0 Å². The zero-order valence-corrected chi connectivity index (χ0v) is 16.8. The van der Waals surface area contributed by atoms with Crippen molar-refractivity contribution in [1.29, 1.82) is 0 Å². The second-order valence-corrected chi connectivity index (χ2v) is 6.38. The summed E-state index contributed by atoms with van der Waals surface area (Å²) in [6.07, 6.45) is 4.61. The molecule has 0 N–H and O–H groups in total. The van der Waals surface area contributed by atoms with E-state index in [0.717, 1.165) is 0 Å². The SMILES string of the molecule is CC([O][Ti+2])c1c(C2C=Cc3ccccc32)ccc2ccccc12.[Cl-].[Cl-]. The van der Waals surface area contributed by atoms with Crippen molar-refractivity contribution in [3.63, 3.8) is 0 Å². The molecule has 125 valence electrons. The molecule has 0 amide bonds. The molecule has 4 heteroatoms. The Labute approximate surface area is 173 Å². The largest absolute Gasteiger partial charge is 1.00 e. The first-order chi connectivity index (χ1) is 11.3. The summed E-state index contributed by atoms with van der Waals surface area (Å²) in [5.74, 6) is 0.309. The Hall–Kier alpha value is -1.09. The third kappa shape index (κ3) is 3.58. The fourth-order valence-electron chi connectivity index (χ4n) is 3.62. The maximum absolute atomic E-state index is 5.71. The van der Waals surface area contributed by atoms with Gasteiger partial charge in [0.2, 0.25) is 0 Å². The van der Waals surface area contributed by atoms with Gasteiger partial charge in [-0.3, -0.25) is 0 Å². The van der Waals surface area contributed by atoms with Crippen molar-refractivity contribution in [2.75, 3.05) is 0 Å². The molecule has 25 heavy (non-hydrogen) atoms. The number of hydrogen-bond donors (Lipinski definition) is 0. The Morgan fingerprint density at radius 1 is 0.880 bits per heavy atom. The molecule has 2 atom stereocenters. The van der Waals surface area contributed by atoms with Crippen LogP contribution >= 0.6 is 0 Å². The minimum atomic E-state index is 0. The Kier molecular flexibility index (Phi) is 6.90. The van der Waals surface area contributed by atoms with Crippen molar-refractivity contribution in [3.05, 3.63) is 89.0 Å². The zero-order chi connectivity index (χ0) is 15.8. The van der Waals surface area contributed by atoms with Gasteiger partial charge < -0.3 is 24.8 Å². The number of fused-ring (bicyclic) bond motifs is 2. The summed E-state index contributed by atoms with van der Waals surface area (Å²) in [4.78, 5) is 0. The number of halogens is 2. The molecule has 4 rings (SSSR count). The van der Waals surface area contributed by atoms with E-state index in [1.54, 1.807) is 20.8 Å². The fourth-order valence-corrected chi connectivity index (χ4v) is 3.80. The molecule has 3 aromatic rings. The Bertz CT molecular complexity index is 907. The molecule has 1 aliphatic carbocycles. The number of allylic oxidation sites excluding steroid dienone is 1. The van der Waals surface area contributed by atoms with E-state index in [1.165, 1.54) is 33.0 Å². The molecule has 0 spiro atoms. The monoisotopic (exact) mass is 403 g/mol. The van der Waals surface area contributed by atoms with Crippen LogP contribution in [0, 0.1) is 0 Å². The third-order valence-corrected chi connectivity index (χ3v) is 5.27. The van der Waals surface area contributed by atoms with Gasteiger partial charge >= 0.3 is 149 Å². The Morgan fingerprint density at radius 2 is 1.60 bits per heavy atom. The topological polar surface area (TPSA) is 9.23 Å². The number of hydrogen-bond acceptors (Lipinski definition) is 1. The summed E-state index contributed by atoms with van der Waals surface area (Å²) in [7, 11) is 0. The molecule has 0 heterocycles. The van der Waals surface area contributed by atoms with Crippen LogP contribution in [0.2, 0.25) is 0 Å². The van der Waals surface area contributed by atoms with Gasteiger partial charge in [0.1, 0.15) is 0 Å². The van der Waals surface area contributed by atoms with Crippen LogP contribution in [0.25, 0.3) is 16.8 Å². The predicted molar refractivity (Wildman–Crippen MR) is 90.8 cm³/mol. The van der Waals surface area contributed by atoms with E-state index >= 15 is 0 Å². The second-order valence-electron chi connectivity index (χ2n) is 6.02. The van der Waals surface area contributed by atoms with Gasteiger partial charge in [-0.05, 0) is 0 Å². The van der Waals surface area contributed by atoms with E-state index in [0.29, 0.717) is 5.92 Å². The van der Waals surface area contributed by atoms with Crippen molar-refractivity contribution in [1.82, 2.24) is 0 Å². The standard InChI is InChI=1S/C21H17O.2ClH.Ti/c1-14(22)21-18-9-5-3-7-16(18)11-13-20(21)19-12-10-15-6-2-4-8-17(15)19;;;/h2-14,19H,1H3;2*1H;/q-1;;;+3/p-2. The van der Waals surface area contributed by atoms with E-state index in [-0.39, 0.29) is 30.9 Å². The first kappa shape index (κ1) is 20.2. The minimum Gasteiger partial charge on any atom is -1.00 e. The van der Waals surface area contributed by atoms with Gasteiger partial charge in [-0.25, -0.2) is 0 Å². The van der Waals surface area contributed by atoms with Crippen LogP contribution in [0.5, 0.6) is 0 Å². The second kappa shape index (κ2) is 8.53.